The number of aryl methyl sites for hydroxylation is 1. The van der Waals surface area contributed by atoms with Crippen LogP contribution < -0.4 is 4.90 Å². The van der Waals surface area contributed by atoms with Crippen LogP contribution in [0.1, 0.15) is 0 Å². The predicted molar refractivity (Wildman–Crippen MR) is 181 cm³/mol. The molecule has 0 amide bonds. The van der Waals surface area contributed by atoms with Crippen molar-refractivity contribution in [2.75, 3.05) is 4.90 Å². The molecular formula is C39H26N4O2. The van der Waals surface area contributed by atoms with Gasteiger partial charge in [0, 0.05) is 58.0 Å². The van der Waals surface area contributed by atoms with Gasteiger partial charge in [0.15, 0.2) is 0 Å². The minimum atomic E-state index is 0.704. The van der Waals surface area contributed by atoms with Gasteiger partial charge in [-0.3, -0.25) is 9.88 Å². The van der Waals surface area contributed by atoms with Crippen molar-refractivity contribution in [1.82, 2.24) is 14.5 Å². The first-order chi connectivity index (χ1) is 22.2. The molecule has 0 atom stereocenters. The van der Waals surface area contributed by atoms with Gasteiger partial charge in [-0.2, -0.15) is 0 Å². The summed E-state index contributed by atoms with van der Waals surface area (Å²) in [4.78, 5) is 11.9. The second-order valence-corrected chi connectivity index (χ2v) is 11.2. The number of anilines is 3. The normalized spacial score (nSPS) is 11.7. The first kappa shape index (κ1) is 25.4. The lowest BCUT2D eigenvalue weighted by Crippen LogP contribution is -2.08. The zero-order valence-electron chi connectivity index (χ0n) is 24.4. The van der Waals surface area contributed by atoms with Crippen molar-refractivity contribution in [1.29, 1.82) is 0 Å². The summed E-state index contributed by atoms with van der Waals surface area (Å²) in [6.07, 6.45) is 3.71. The number of imidazole rings is 1. The molecule has 4 heterocycles. The molecule has 9 aromatic rings. The Labute approximate surface area is 258 Å². The Hall–Kier alpha value is -6.14. The molecule has 6 nitrogen and oxygen atoms in total. The summed E-state index contributed by atoms with van der Waals surface area (Å²) >= 11 is 0. The number of para-hydroxylation sites is 3. The molecule has 0 aliphatic rings. The van der Waals surface area contributed by atoms with Gasteiger partial charge in [0.2, 0.25) is 5.88 Å². The highest BCUT2D eigenvalue weighted by molar-refractivity contribution is 6.00. The third kappa shape index (κ3) is 4.11. The Morgan fingerprint density at radius 1 is 0.644 bits per heavy atom. The minimum absolute atomic E-state index is 0.704. The molecule has 0 unspecified atom stereocenters. The third-order valence-electron chi connectivity index (χ3n) is 8.53. The molecule has 0 aliphatic heterocycles. The standard InChI is InChI=1S/C39H26N4O2/c1-42-35-16-8-7-15-33(35)41-39(42)29-14-9-17-37-31(29)22-38(45-37)43(27-12-3-2-4-13-27)28-18-19-36-30(21-28)32(24-44-36)34-20-25-10-5-6-11-26(25)23-40-34/h2-24H,1H3. The number of nitrogens with zero attached hydrogens (tertiary/aromatic N) is 4. The van der Waals surface area contributed by atoms with E-state index in [1.807, 2.05) is 72.9 Å². The summed E-state index contributed by atoms with van der Waals surface area (Å²) < 4.78 is 14.8. The second-order valence-electron chi connectivity index (χ2n) is 11.2. The van der Waals surface area contributed by atoms with Gasteiger partial charge < -0.3 is 13.4 Å². The van der Waals surface area contributed by atoms with E-state index in [0.717, 1.165) is 77.8 Å². The molecule has 9 rings (SSSR count). The molecule has 5 aromatic carbocycles. The monoisotopic (exact) mass is 582 g/mol. The van der Waals surface area contributed by atoms with Crippen LogP contribution >= 0.6 is 0 Å². The molecule has 0 N–H and O–H groups in total. The van der Waals surface area contributed by atoms with Gasteiger partial charge in [-0.1, -0.05) is 66.7 Å². The van der Waals surface area contributed by atoms with Crippen molar-refractivity contribution in [2.24, 2.45) is 7.05 Å². The number of rotatable bonds is 5. The average molecular weight is 583 g/mol. The SMILES string of the molecule is Cn1c(-c2cccc3oc(N(c4ccccc4)c4ccc5occ(-c6cc7ccccc7cn6)c5c4)cc23)nc2ccccc21. The molecule has 0 bridgehead atoms. The maximum atomic E-state index is 6.62. The van der Waals surface area contributed by atoms with E-state index in [9.17, 15) is 0 Å². The summed E-state index contributed by atoms with van der Waals surface area (Å²) in [6.45, 7) is 0. The first-order valence-corrected chi connectivity index (χ1v) is 14.9. The van der Waals surface area contributed by atoms with E-state index in [4.69, 9.17) is 18.8 Å². The van der Waals surface area contributed by atoms with Crippen molar-refractivity contribution < 1.29 is 8.83 Å². The van der Waals surface area contributed by atoms with Crippen molar-refractivity contribution in [3.8, 4) is 22.6 Å². The van der Waals surface area contributed by atoms with Crippen molar-refractivity contribution in [3.05, 3.63) is 140 Å². The second kappa shape index (κ2) is 9.96. The molecule has 0 saturated heterocycles. The number of benzene rings is 5. The Morgan fingerprint density at radius 3 is 2.33 bits per heavy atom. The maximum absolute atomic E-state index is 6.62. The summed E-state index contributed by atoms with van der Waals surface area (Å²) in [5.41, 5.74) is 8.40. The molecule has 0 saturated carbocycles. The van der Waals surface area contributed by atoms with E-state index in [-0.39, 0.29) is 0 Å². The molecule has 45 heavy (non-hydrogen) atoms. The van der Waals surface area contributed by atoms with Crippen LogP contribution in [0.4, 0.5) is 17.3 Å². The van der Waals surface area contributed by atoms with Crippen LogP contribution in [0, 0.1) is 0 Å². The fraction of sp³-hybridized carbons (Fsp3) is 0.0256. The lowest BCUT2D eigenvalue weighted by Gasteiger charge is -2.22. The lowest BCUT2D eigenvalue weighted by molar-refractivity contribution is 0.616. The highest BCUT2D eigenvalue weighted by Gasteiger charge is 2.22. The van der Waals surface area contributed by atoms with Crippen LogP contribution in [0.15, 0.2) is 149 Å². The third-order valence-corrected chi connectivity index (χ3v) is 8.53. The molecule has 0 spiro atoms. The summed E-state index contributed by atoms with van der Waals surface area (Å²) in [6, 6.07) is 43.3. The minimum Gasteiger partial charge on any atom is -0.464 e. The first-order valence-electron chi connectivity index (χ1n) is 14.9. The highest BCUT2D eigenvalue weighted by atomic mass is 16.4. The van der Waals surface area contributed by atoms with Crippen LogP contribution in [0.5, 0.6) is 0 Å². The number of hydrogen-bond acceptors (Lipinski definition) is 5. The van der Waals surface area contributed by atoms with Gasteiger partial charge in [-0.25, -0.2) is 4.98 Å². The summed E-state index contributed by atoms with van der Waals surface area (Å²) in [5.74, 6) is 1.60. The smallest absolute Gasteiger partial charge is 0.205 e. The maximum Gasteiger partial charge on any atom is 0.205 e. The summed E-state index contributed by atoms with van der Waals surface area (Å²) in [5, 5.41) is 4.22. The van der Waals surface area contributed by atoms with Crippen LogP contribution in [-0.4, -0.2) is 14.5 Å². The number of fused-ring (bicyclic) bond motifs is 4. The largest absolute Gasteiger partial charge is 0.464 e. The van der Waals surface area contributed by atoms with Crippen molar-refractivity contribution >= 4 is 61.0 Å². The number of furan rings is 2. The molecule has 4 aromatic heterocycles. The van der Waals surface area contributed by atoms with Crippen LogP contribution in [-0.2, 0) is 7.05 Å². The van der Waals surface area contributed by atoms with E-state index in [0.29, 0.717) is 5.88 Å². The molecule has 0 aliphatic carbocycles. The zero-order chi connectivity index (χ0) is 29.9. The van der Waals surface area contributed by atoms with E-state index in [2.05, 4.69) is 77.2 Å². The summed E-state index contributed by atoms with van der Waals surface area (Å²) in [7, 11) is 2.06. The Balaban J connectivity index is 1.21. The van der Waals surface area contributed by atoms with Gasteiger partial charge in [0.1, 0.15) is 23.3 Å². The lowest BCUT2D eigenvalue weighted by atomic mass is 10.1. The van der Waals surface area contributed by atoms with Crippen LogP contribution in [0.2, 0.25) is 0 Å². The molecular weight excluding hydrogens is 556 g/mol. The predicted octanol–water partition coefficient (Wildman–Crippen LogP) is 10.4. The Bertz CT molecular complexity index is 2520. The fourth-order valence-corrected chi connectivity index (χ4v) is 6.31. The van der Waals surface area contributed by atoms with Crippen molar-refractivity contribution in [3.63, 3.8) is 0 Å². The highest BCUT2D eigenvalue weighted by Crippen LogP contribution is 2.42. The Morgan fingerprint density at radius 2 is 1.44 bits per heavy atom. The zero-order valence-corrected chi connectivity index (χ0v) is 24.4. The molecule has 214 valence electrons. The van der Waals surface area contributed by atoms with E-state index in [1.54, 1.807) is 6.26 Å². The Kier molecular flexibility index (Phi) is 5.62. The number of hydrogen-bond donors (Lipinski definition) is 0. The molecule has 0 fully saturated rings. The quantitative estimate of drug-likeness (QED) is 0.202. The van der Waals surface area contributed by atoms with Crippen LogP contribution in [0.3, 0.4) is 0 Å². The van der Waals surface area contributed by atoms with E-state index >= 15 is 0 Å². The van der Waals surface area contributed by atoms with Gasteiger partial charge in [0.25, 0.3) is 0 Å². The number of aromatic nitrogens is 3. The number of pyridine rings is 1. The van der Waals surface area contributed by atoms with E-state index < -0.39 is 0 Å². The topological polar surface area (TPSA) is 60.2 Å². The fourth-order valence-electron chi connectivity index (χ4n) is 6.31. The van der Waals surface area contributed by atoms with Crippen LogP contribution in [0.25, 0.3) is 66.4 Å². The van der Waals surface area contributed by atoms with Crippen molar-refractivity contribution in [2.45, 2.75) is 0 Å². The average Bonchev–Trinajstić information content (AvgIpc) is 3.80. The van der Waals surface area contributed by atoms with Gasteiger partial charge in [0.05, 0.1) is 16.7 Å². The molecule has 0 radical (unpaired) electrons. The molecule has 6 heteroatoms. The van der Waals surface area contributed by atoms with Gasteiger partial charge in [-0.05, 0) is 60.0 Å². The van der Waals surface area contributed by atoms with Gasteiger partial charge >= 0.3 is 0 Å². The van der Waals surface area contributed by atoms with Gasteiger partial charge in [-0.15, -0.1) is 0 Å². The van der Waals surface area contributed by atoms with E-state index in [1.165, 1.54) is 0 Å².